The molecule has 1 heterocycles. The fourth-order valence-electron chi connectivity index (χ4n) is 2.94. The zero-order chi connectivity index (χ0) is 23.5. The van der Waals surface area contributed by atoms with Crippen LogP contribution in [-0.4, -0.2) is 33.5 Å². The van der Waals surface area contributed by atoms with E-state index in [1.165, 1.54) is 18.2 Å². The number of aryl methyl sites for hydroxylation is 2. The summed E-state index contributed by atoms with van der Waals surface area (Å²) in [6.07, 6.45) is -6.22. The van der Waals surface area contributed by atoms with E-state index >= 15 is 0 Å². The molecule has 2 aromatic carbocycles. The molecule has 0 aliphatic heterocycles. The molecule has 0 aliphatic carbocycles. The monoisotopic (exact) mass is 445 g/mol. The van der Waals surface area contributed by atoms with Gasteiger partial charge in [0.05, 0.1) is 5.56 Å². The van der Waals surface area contributed by atoms with E-state index in [2.05, 4.69) is 10.1 Å². The quantitative estimate of drug-likeness (QED) is 0.549. The number of hydrogen-bond acceptors (Lipinski definition) is 6. The average molecular weight is 445 g/mol. The molecule has 1 N–H and O–H groups in total. The number of halogens is 3. The van der Waals surface area contributed by atoms with Gasteiger partial charge in [0, 0.05) is 17.5 Å². The predicted molar refractivity (Wildman–Crippen MR) is 107 cm³/mol. The van der Waals surface area contributed by atoms with E-state index < -0.39 is 18.2 Å². The largest absolute Gasteiger partial charge is 0.481 e. The van der Waals surface area contributed by atoms with Crippen LogP contribution in [0.4, 0.5) is 13.2 Å². The van der Waals surface area contributed by atoms with Gasteiger partial charge in [0.15, 0.2) is 6.10 Å². The Morgan fingerprint density at radius 3 is 2.66 bits per heavy atom. The van der Waals surface area contributed by atoms with Gasteiger partial charge in [0.2, 0.25) is 5.82 Å². The molecule has 3 aromatic rings. The minimum absolute atomic E-state index is 0.0217. The Balaban J connectivity index is 1.84. The number of nitrogens with zero attached hydrogens (tertiary/aromatic N) is 3. The van der Waals surface area contributed by atoms with E-state index in [9.17, 15) is 23.2 Å². The molecule has 0 fully saturated rings. The Hall–Kier alpha value is -3.87. The van der Waals surface area contributed by atoms with Gasteiger partial charge in [0.1, 0.15) is 11.8 Å². The van der Waals surface area contributed by atoms with Crippen molar-refractivity contribution in [1.29, 1.82) is 5.26 Å². The van der Waals surface area contributed by atoms with Crippen LogP contribution >= 0.6 is 0 Å². The minimum atomic E-state index is -4.56. The number of rotatable bonds is 7. The van der Waals surface area contributed by atoms with E-state index in [0.29, 0.717) is 17.5 Å². The summed E-state index contributed by atoms with van der Waals surface area (Å²) in [5.74, 6) is -0.711. The van der Waals surface area contributed by atoms with Gasteiger partial charge in [-0.15, -0.1) is 0 Å². The summed E-state index contributed by atoms with van der Waals surface area (Å²) in [7, 11) is 0. The van der Waals surface area contributed by atoms with Gasteiger partial charge < -0.3 is 14.4 Å². The molecule has 1 unspecified atom stereocenters. The van der Waals surface area contributed by atoms with Crippen molar-refractivity contribution in [2.45, 2.75) is 39.0 Å². The van der Waals surface area contributed by atoms with E-state index in [1.54, 1.807) is 12.1 Å². The van der Waals surface area contributed by atoms with Crippen molar-refractivity contribution < 1.29 is 32.3 Å². The highest BCUT2D eigenvalue weighted by Gasteiger charge is 2.38. The first-order chi connectivity index (χ1) is 15.1. The van der Waals surface area contributed by atoms with Crippen molar-refractivity contribution in [2.24, 2.45) is 0 Å². The van der Waals surface area contributed by atoms with E-state index in [0.717, 1.165) is 18.1 Å². The standard InChI is InChI=1S/C22H18F3N3O4/c1-12-9-14(4-8-19(29)30)3-6-17(12)20-27-21(32-28-20)15-5-7-18(16(10-15)11-26)31-13(2)22(23,24)25/h3,5-7,9-10,13H,4,8H2,1-2H3,(H,29,30). The molecule has 0 saturated carbocycles. The Morgan fingerprint density at radius 1 is 1.28 bits per heavy atom. The molecule has 3 rings (SSSR count). The van der Waals surface area contributed by atoms with E-state index in [-0.39, 0.29) is 29.4 Å². The lowest BCUT2D eigenvalue weighted by molar-refractivity contribution is -0.189. The van der Waals surface area contributed by atoms with Crippen LogP contribution < -0.4 is 4.74 Å². The molecule has 0 amide bonds. The van der Waals surface area contributed by atoms with Crippen LogP contribution in [0.15, 0.2) is 40.9 Å². The maximum atomic E-state index is 12.7. The summed E-state index contributed by atoms with van der Waals surface area (Å²) in [6, 6.07) is 11.2. The third-order valence-electron chi connectivity index (χ3n) is 4.70. The van der Waals surface area contributed by atoms with Crippen LogP contribution in [0.5, 0.6) is 5.75 Å². The fraction of sp³-hybridized carbons (Fsp3) is 0.273. The third-order valence-corrected chi connectivity index (χ3v) is 4.70. The second-order valence-corrected chi connectivity index (χ2v) is 7.09. The van der Waals surface area contributed by atoms with E-state index in [4.69, 9.17) is 14.4 Å². The number of carboxylic acids is 1. The third kappa shape index (κ3) is 5.24. The van der Waals surface area contributed by atoms with Gasteiger partial charge in [-0.05, 0) is 49.6 Å². The van der Waals surface area contributed by atoms with Crippen molar-refractivity contribution in [1.82, 2.24) is 10.1 Å². The van der Waals surface area contributed by atoms with Crippen LogP contribution in [-0.2, 0) is 11.2 Å². The molecule has 0 radical (unpaired) electrons. The number of aliphatic carboxylic acids is 1. The summed E-state index contributed by atoms with van der Waals surface area (Å²) in [5, 5.41) is 22.1. The molecule has 166 valence electrons. The minimum Gasteiger partial charge on any atom is -0.481 e. The summed E-state index contributed by atoms with van der Waals surface area (Å²) in [5.41, 5.74) is 2.61. The second-order valence-electron chi connectivity index (χ2n) is 7.09. The van der Waals surface area contributed by atoms with Crippen molar-refractivity contribution in [2.75, 3.05) is 0 Å². The first kappa shape index (κ1) is 22.8. The molecule has 0 bridgehead atoms. The number of benzene rings is 2. The molecule has 0 aliphatic rings. The van der Waals surface area contributed by atoms with Crippen LogP contribution in [0.3, 0.4) is 0 Å². The normalized spacial score (nSPS) is 12.2. The number of nitriles is 1. The number of alkyl halides is 3. The Bertz CT molecular complexity index is 1180. The highest BCUT2D eigenvalue weighted by atomic mass is 19.4. The maximum Gasteiger partial charge on any atom is 0.425 e. The van der Waals surface area contributed by atoms with Crippen LogP contribution in [0.2, 0.25) is 0 Å². The van der Waals surface area contributed by atoms with Gasteiger partial charge in [-0.1, -0.05) is 23.4 Å². The molecule has 7 nitrogen and oxygen atoms in total. The number of ether oxygens (including phenoxy) is 1. The number of carboxylic acid groups (broad SMARTS) is 1. The van der Waals surface area contributed by atoms with Crippen molar-refractivity contribution in [3.05, 3.63) is 53.1 Å². The van der Waals surface area contributed by atoms with Crippen molar-refractivity contribution >= 4 is 5.97 Å². The zero-order valence-electron chi connectivity index (χ0n) is 17.1. The molecule has 1 atom stereocenters. The van der Waals surface area contributed by atoms with Crippen molar-refractivity contribution in [3.63, 3.8) is 0 Å². The highest BCUT2D eigenvalue weighted by molar-refractivity contribution is 5.68. The highest BCUT2D eigenvalue weighted by Crippen LogP contribution is 2.31. The van der Waals surface area contributed by atoms with Gasteiger partial charge in [-0.3, -0.25) is 4.79 Å². The van der Waals surface area contributed by atoms with Gasteiger partial charge in [0.25, 0.3) is 5.89 Å². The topological polar surface area (TPSA) is 109 Å². The van der Waals surface area contributed by atoms with Gasteiger partial charge >= 0.3 is 12.1 Å². The van der Waals surface area contributed by atoms with Gasteiger partial charge in [-0.25, -0.2) is 0 Å². The molecular weight excluding hydrogens is 427 g/mol. The lowest BCUT2D eigenvalue weighted by Crippen LogP contribution is -2.31. The first-order valence-electron chi connectivity index (χ1n) is 9.51. The Kier molecular flexibility index (Phi) is 6.48. The number of aromatic nitrogens is 2. The molecule has 0 spiro atoms. The van der Waals surface area contributed by atoms with Gasteiger partial charge in [-0.2, -0.15) is 23.4 Å². The molecule has 10 heteroatoms. The lowest BCUT2D eigenvalue weighted by atomic mass is 10.0. The fourth-order valence-corrected chi connectivity index (χ4v) is 2.94. The number of hydrogen-bond donors (Lipinski definition) is 1. The van der Waals surface area contributed by atoms with Crippen LogP contribution in [0.1, 0.15) is 30.0 Å². The molecule has 1 aromatic heterocycles. The summed E-state index contributed by atoms with van der Waals surface area (Å²) in [4.78, 5) is 15.1. The van der Waals surface area contributed by atoms with Crippen LogP contribution in [0, 0.1) is 18.3 Å². The van der Waals surface area contributed by atoms with Crippen molar-refractivity contribution in [3.8, 4) is 34.7 Å². The SMILES string of the molecule is Cc1cc(CCC(=O)O)ccc1-c1noc(-c2ccc(OC(C)C(F)(F)F)c(C#N)c2)n1. The molecule has 32 heavy (non-hydrogen) atoms. The lowest BCUT2D eigenvalue weighted by Gasteiger charge is -2.18. The van der Waals surface area contributed by atoms with Crippen LogP contribution in [0.25, 0.3) is 22.8 Å². The summed E-state index contributed by atoms with van der Waals surface area (Å²) >= 11 is 0. The smallest absolute Gasteiger partial charge is 0.425 e. The average Bonchev–Trinajstić information content (AvgIpc) is 3.21. The predicted octanol–water partition coefficient (Wildman–Crippen LogP) is 4.93. The Labute approximate surface area is 181 Å². The number of carbonyl (C=O) groups is 1. The Morgan fingerprint density at radius 2 is 2.03 bits per heavy atom. The molecule has 0 saturated heterocycles. The summed E-state index contributed by atoms with van der Waals surface area (Å²) in [6.45, 7) is 2.69. The molecular formula is C22H18F3N3O4. The summed E-state index contributed by atoms with van der Waals surface area (Å²) < 4.78 is 48.4. The van der Waals surface area contributed by atoms with E-state index in [1.807, 2.05) is 19.1 Å². The zero-order valence-corrected chi connectivity index (χ0v) is 17.1. The first-order valence-corrected chi connectivity index (χ1v) is 9.51. The second kappa shape index (κ2) is 9.09. The maximum absolute atomic E-state index is 12.7.